The smallest absolute Gasteiger partial charge is 0.0673 e. The first-order valence-corrected chi connectivity index (χ1v) is 7.35. The van der Waals surface area contributed by atoms with E-state index in [9.17, 15) is 10.2 Å². The summed E-state index contributed by atoms with van der Waals surface area (Å²) < 4.78 is 0. The zero-order valence-electron chi connectivity index (χ0n) is 11.5. The van der Waals surface area contributed by atoms with Gasteiger partial charge in [-0.05, 0) is 56.3 Å². The Bertz CT molecular complexity index is 260. The molecule has 0 aromatic carbocycles. The van der Waals surface area contributed by atoms with E-state index >= 15 is 0 Å². The second-order valence-electron chi connectivity index (χ2n) is 6.74. The zero-order chi connectivity index (χ0) is 12.6. The van der Waals surface area contributed by atoms with E-state index in [-0.39, 0.29) is 6.10 Å². The van der Waals surface area contributed by atoms with Gasteiger partial charge in [-0.15, -0.1) is 0 Å². The van der Waals surface area contributed by atoms with Crippen molar-refractivity contribution in [3.8, 4) is 0 Å². The summed E-state index contributed by atoms with van der Waals surface area (Å²) in [5.74, 6) is 1.68. The van der Waals surface area contributed by atoms with E-state index in [0.717, 1.165) is 25.7 Å². The van der Waals surface area contributed by atoms with Gasteiger partial charge in [0.15, 0.2) is 0 Å². The second-order valence-corrected chi connectivity index (χ2v) is 6.74. The van der Waals surface area contributed by atoms with Gasteiger partial charge in [-0.3, -0.25) is 0 Å². The molecule has 2 aliphatic carbocycles. The van der Waals surface area contributed by atoms with E-state index in [0.29, 0.717) is 23.7 Å². The fourth-order valence-corrected chi connectivity index (χ4v) is 4.12. The Hall–Kier alpha value is -0.0800. The average Bonchev–Trinajstić information content (AvgIpc) is 2.28. The zero-order valence-corrected chi connectivity index (χ0v) is 11.5. The Morgan fingerprint density at radius 2 is 1.59 bits per heavy atom. The highest BCUT2D eigenvalue weighted by Crippen LogP contribution is 2.49. The van der Waals surface area contributed by atoms with Gasteiger partial charge in [-0.2, -0.15) is 0 Å². The molecule has 2 heteroatoms. The molecular weight excluding hydrogens is 212 g/mol. The molecule has 2 N–H and O–H groups in total. The SMILES string of the molecule is CC(C)C(C)(O)[C@H]1CCCC2C1CCC[C@H]2O. The van der Waals surface area contributed by atoms with Crippen LogP contribution in [0.2, 0.25) is 0 Å². The lowest BCUT2D eigenvalue weighted by Crippen LogP contribution is -2.50. The summed E-state index contributed by atoms with van der Waals surface area (Å²) in [6.07, 6.45) is 6.67. The fraction of sp³-hybridized carbons (Fsp3) is 1.00. The predicted octanol–water partition coefficient (Wildman–Crippen LogP) is 2.97. The molecule has 0 amide bonds. The summed E-state index contributed by atoms with van der Waals surface area (Å²) in [6.45, 7) is 6.23. The van der Waals surface area contributed by atoms with Crippen molar-refractivity contribution in [3.63, 3.8) is 0 Å². The molecule has 2 aliphatic rings. The summed E-state index contributed by atoms with van der Waals surface area (Å²) in [5, 5.41) is 20.9. The third-order valence-corrected chi connectivity index (χ3v) is 5.57. The molecule has 0 saturated heterocycles. The molecule has 100 valence electrons. The van der Waals surface area contributed by atoms with Gasteiger partial charge in [-0.25, -0.2) is 0 Å². The van der Waals surface area contributed by atoms with E-state index in [4.69, 9.17) is 0 Å². The lowest BCUT2D eigenvalue weighted by atomic mass is 9.58. The molecule has 2 saturated carbocycles. The number of fused-ring (bicyclic) bond motifs is 1. The molecule has 0 aromatic heterocycles. The molecule has 0 aromatic rings. The van der Waals surface area contributed by atoms with Crippen molar-refractivity contribution < 1.29 is 10.2 Å². The Morgan fingerprint density at radius 1 is 1.00 bits per heavy atom. The third kappa shape index (κ3) is 2.39. The minimum Gasteiger partial charge on any atom is -0.393 e. The van der Waals surface area contributed by atoms with E-state index in [2.05, 4.69) is 13.8 Å². The maximum Gasteiger partial charge on any atom is 0.0673 e. The van der Waals surface area contributed by atoms with Crippen molar-refractivity contribution in [3.05, 3.63) is 0 Å². The maximum atomic E-state index is 10.8. The first kappa shape index (κ1) is 13.4. The van der Waals surface area contributed by atoms with Crippen LogP contribution in [-0.4, -0.2) is 21.9 Å². The van der Waals surface area contributed by atoms with Crippen molar-refractivity contribution in [2.75, 3.05) is 0 Å². The number of aliphatic hydroxyl groups excluding tert-OH is 1. The number of aliphatic hydroxyl groups is 2. The molecule has 2 fully saturated rings. The highest BCUT2D eigenvalue weighted by atomic mass is 16.3. The minimum absolute atomic E-state index is 0.112. The van der Waals surface area contributed by atoms with Gasteiger partial charge in [0.1, 0.15) is 0 Å². The largest absolute Gasteiger partial charge is 0.393 e. The topological polar surface area (TPSA) is 40.5 Å². The van der Waals surface area contributed by atoms with Crippen molar-refractivity contribution in [1.82, 2.24) is 0 Å². The lowest BCUT2D eigenvalue weighted by molar-refractivity contribution is -0.116. The normalized spacial score (nSPS) is 42.0. The highest BCUT2D eigenvalue weighted by Gasteiger charge is 2.47. The molecule has 0 radical (unpaired) electrons. The summed E-state index contributed by atoms with van der Waals surface area (Å²) in [6, 6.07) is 0. The molecule has 2 rings (SSSR count). The van der Waals surface area contributed by atoms with Gasteiger partial charge in [-0.1, -0.05) is 26.7 Å². The monoisotopic (exact) mass is 240 g/mol. The fourth-order valence-electron chi connectivity index (χ4n) is 4.12. The average molecular weight is 240 g/mol. The summed E-state index contributed by atoms with van der Waals surface area (Å²) in [4.78, 5) is 0. The van der Waals surface area contributed by atoms with Crippen LogP contribution in [0.3, 0.4) is 0 Å². The Kier molecular flexibility index (Phi) is 3.84. The molecule has 5 atom stereocenters. The van der Waals surface area contributed by atoms with E-state index in [1.54, 1.807) is 0 Å². The Labute approximate surface area is 105 Å². The van der Waals surface area contributed by atoms with Crippen LogP contribution in [0, 0.1) is 23.7 Å². The molecule has 2 nitrogen and oxygen atoms in total. The van der Waals surface area contributed by atoms with Crippen LogP contribution in [0.1, 0.15) is 59.3 Å². The van der Waals surface area contributed by atoms with Gasteiger partial charge in [0.05, 0.1) is 11.7 Å². The van der Waals surface area contributed by atoms with Crippen molar-refractivity contribution in [1.29, 1.82) is 0 Å². The summed E-state index contributed by atoms with van der Waals surface area (Å²) in [7, 11) is 0. The van der Waals surface area contributed by atoms with Crippen LogP contribution >= 0.6 is 0 Å². The van der Waals surface area contributed by atoms with Crippen molar-refractivity contribution >= 4 is 0 Å². The van der Waals surface area contributed by atoms with Crippen molar-refractivity contribution in [2.45, 2.75) is 71.0 Å². The standard InChI is InChI=1S/C15H28O2/c1-10(2)15(3,17)13-8-4-7-12-11(13)6-5-9-14(12)16/h10-14,16-17H,4-9H2,1-3H3/t11?,12?,13-,14+,15?/m0/s1. The van der Waals surface area contributed by atoms with Gasteiger partial charge in [0.25, 0.3) is 0 Å². The quantitative estimate of drug-likeness (QED) is 0.779. The van der Waals surface area contributed by atoms with E-state index < -0.39 is 5.60 Å². The second kappa shape index (κ2) is 4.89. The molecular formula is C15H28O2. The lowest BCUT2D eigenvalue weighted by Gasteiger charge is -2.50. The molecule has 17 heavy (non-hydrogen) atoms. The summed E-state index contributed by atoms with van der Waals surface area (Å²) in [5.41, 5.74) is -0.569. The maximum absolute atomic E-state index is 10.8. The minimum atomic E-state index is -0.569. The van der Waals surface area contributed by atoms with Gasteiger partial charge >= 0.3 is 0 Å². The molecule has 0 heterocycles. The van der Waals surface area contributed by atoms with E-state index in [1.807, 2.05) is 6.92 Å². The van der Waals surface area contributed by atoms with Crippen LogP contribution in [0.4, 0.5) is 0 Å². The molecule has 0 spiro atoms. The molecule has 0 bridgehead atoms. The van der Waals surface area contributed by atoms with Gasteiger partial charge < -0.3 is 10.2 Å². The van der Waals surface area contributed by atoms with Crippen LogP contribution in [-0.2, 0) is 0 Å². The summed E-state index contributed by atoms with van der Waals surface area (Å²) >= 11 is 0. The molecule has 3 unspecified atom stereocenters. The number of rotatable bonds is 2. The van der Waals surface area contributed by atoms with Crippen molar-refractivity contribution in [2.24, 2.45) is 23.7 Å². The van der Waals surface area contributed by atoms with Crippen LogP contribution in [0.15, 0.2) is 0 Å². The first-order chi connectivity index (χ1) is 7.94. The van der Waals surface area contributed by atoms with E-state index in [1.165, 1.54) is 12.8 Å². The van der Waals surface area contributed by atoms with Gasteiger partial charge in [0.2, 0.25) is 0 Å². The molecule has 0 aliphatic heterocycles. The van der Waals surface area contributed by atoms with Crippen LogP contribution in [0.25, 0.3) is 0 Å². The predicted molar refractivity (Wildman–Crippen MR) is 69.6 cm³/mol. The van der Waals surface area contributed by atoms with Crippen LogP contribution in [0.5, 0.6) is 0 Å². The third-order valence-electron chi connectivity index (χ3n) is 5.57. The Morgan fingerprint density at radius 3 is 2.24 bits per heavy atom. The highest BCUT2D eigenvalue weighted by molar-refractivity contribution is 4.97. The first-order valence-electron chi connectivity index (χ1n) is 7.35. The van der Waals surface area contributed by atoms with Gasteiger partial charge in [0, 0.05) is 0 Å². The number of hydrogen-bond acceptors (Lipinski definition) is 2. The number of hydrogen-bond donors (Lipinski definition) is 2. The Balaban J connectivity index is 2.17. The van der Waals surface area contributed by atoms with Crippen LogP contribution < -0.4 is 0 Å².